The molecule has 4 atom stereocenters. The van der Waals surface area contributed by atoms with E-state index < -0.39 is 0 Å². The molecule has 188 valence electrons. The number of nitrogens with zero attached hydrogens (tertiary/aromatic N) is 5. The number of hydrogen-bond donors (Lipinski definition) is 2. The van der Waals surface area contributed by atoms with Gasteiger partial charge in [0.1, 0.15) is 23.1 Å². The largest absolute Gasteiger partial charge is 0.379 e. The van der Waals surface area contributed by atoms with Crippen molar-refractivity contribution < 1.29 is 19.0 Å². The van der Waals surface area contributed by atoms with Gasteiger partial charge in [0.2, 0.25) is 0 Å². The second-order valence-corrected chi connectivity index (χ2v) is 9.21. The zero-order chi connectivity index (χ0) is 24.8. The molecule has 0 spiro atoms. The lowest BCUT2D eigenvalue weighted by molar-refractivity contribution is 0.00732. The second kappa shape index (κ2) is 9.16. The molecule has 0 aromatic carbocycles. The lowest BCUT2D eigenvalue weighted by Crippen LogP contribution is -2.51. The van der Waals surface area contributed by atoms with E-state index in [0.29, 0.717) is 30.1 Å². The van der Waals surface area contributed by atoms with Crippen LogP contribution in [-0.2, 0) is 14.2 Å². The minimum Gasteiger partial charge on any atom is -0.379 e. The topological polar surface area (TPSA) is 117 Å². The first kappa shape index (κ1) is 22.9. The molecular formula is C25H29N7O4. The Bertz CT molecular complexity index is 1430. The van der Waals surface area contributed by atoms with Crippen LogP contribution >= 0.6 is 0 Å². The third kappa shape index (κ3) is 3.62. The number of ether oxygens (including phenoxy) is 3. The van der Waals surface area contributed by atoms with Crippen molar-refractivity contribution in [1.82, 2.24) is 29.5 Å². The molecule has 4 aromatic heterocycles. The van der Waals surface area contributed by atoms with Gasteiger partial charge in [-0.1, -0.05) is 0 Å². The Morgan fingerprint density at radius 2 is 2.03 bits per heavy atom. The molecule has 2 aliphatic rings. The Kier molecular flexibility index (Phi) is 5.82. The summed E-state index contributed by atoms with van der Waals surface area (Å²) in [6.45, 7) is 1.08. The number of hydrogen-bond acceptors (Lipinski definition) is 8. The van der Waals surface area contributed by atoms with Crippen molar-refractivity contribution in [3.05, 3.63) is 42.4 Å². The van der Waals surface area contributed by atoms with E-state index >= 15 is 0 Å². The first-order valence-corrected chi connectivity index (χ1v) is 12.1. The monoisotopic (exact) mass is 491 g/mol. The molecule has 1 saturated heterocycles. The summed E-state index contributed by atoms with van der Waals surface area (Å²) in [7, 11) is 5.19. The van der Waals surface area contributed by atoms with Gasteiger partial charge in [0.05, 0.1) is 43.3 Å². The normalized spacial score (nSPS) is 23.8. The van der Waals surface area contributed by atoms with Crippen LogP contribution < -0.4 is 10.6 Å². The molecule has 0 radical (unpaired) electrons. The van der Waals surface area contributed by atoms with E-state index in [1.54, 1.807) is 31.1 Å². The van der Waals surface area contributed by atoms with Gasteiger partial charge in [-0.2, -0.15) is 9.61 Å². The summed E-state index contributed by atoms with van der Waals surface area (Å²) in [5.41, 5.74) is 3.35. The lowest BCUT2D eigenvalue weighted by Gasteiger charge is -2.35. The molecule has 1 aliphatic carbocycles. The van der Waals surface area contributed by atoms with Gasteiger partial charge in [-0.3, -0.25) is 4.79 Å². The molecule has 6 rings (SSSR count). The maximum absolute atomic E-state index is 13.2. The van der Waals surface area contributed by atoms with Crippen molar-refractivity contribution in [2.45, 2.75) is 37.1 Å². The minimum absolute atomic E-state index is 0.00108. The lowest BCUT2D eigenvalue weighted by atomic mass is 9.89. The Balaban J connectivity index is 1.45. The molecule has 4 aromatic rings. The van der Waals surface area contributed by atoms with Crippen LogP contribution in [0.1, 0.15) is 29.2 Å². The van der Waals surface area contributed by atoms with E-state index in [1.165, 1.54) is 0 Å². The summed E-state index contributed by atoms with van der Waals surface area (Å²) in [4.78, 5) is 22.7. The summed E-state index contributed by atoms with van der Waals surface area (Å²) in [5, 5.41) is 11.7. The highest BCUT2D eigenvalue weighted by Crippen LogP contribution is 2.35. The molecule has 11 heteroatoms. The molecule has 1 aliphatic heterocycles. The van der Waals surface area contributed by atoms with Crippen LogP contribution in [0.25, 0.3) is 27.9 Å². The second-order valence-electron chi connectivity index (χ2n) is 9.21. The molecule has 2 N–H and O–H groups in total. The number of methoxy groups -OCH3 is 2. The predicted octanol–water partition coefficient (Wildman–Crippen LogP) is 2.28. The summed E-state index contributed by atoms with van der Waals surface area (Å²) >= 11 is 0. The van der Waals surface area contributed by atoms with Crippen molar-refractivity contribution in [2.24, 2.45) is 0 Å². The Hall–Kier alpha value is -3.54. The highest BCUT2D eigenvalue weighted by atomic mass is 16.5. The number of amides is 1. The van der Waals surface area contributed by atoms with Gasteiger partial charge in [-0.05, 0) is 25.0 Å². The van der Waals surface area contributed by atoms with E-state index in [0.717, 1.165) is 35.3 Å². The summed E-state index contributed by atoms with van der Waals surface area (Å²) < 4.78 is 20.6. The molecule has 1 amide bonds. The van der Waals surface area contributed by atoms with Gasteiger partial charge < -0.3 is 29.4 Å². The first-order chi connectivity index (χ1) is 17.6. The van der Waals surface area contributed by atoms with E-state index in [2.05, 4.69) is 31.5 Å². The summed E-state index contributed by atoms with van der Waals surface area (Å²) in [6, 6.07) is 5.87. The smallest absolute Gasteiger partial charge is 0.257 e. The fourth-order valence-corrected chi connectivity index (χ4v) is 5.15. The number of aromatic nitrogens is 5. The fourth-order valence-electron chi connectivity index (χ4n) is 5.15. The Morgan fingerprint density at radius 1 is 1.17 bits per heavy atom. The quantitative estimate of drug-likeness (QED) is 0.405. The Labute approximate surface area is 207 Å². The standard InChI is InChI=1S/C25H29N7O4/c1-26-22-9-18(29-24-15(10-28-32(22)24)25(33)30-17-6-7-20(17)34-2)16-11-31(19-12-36-13-21(19)35-3)23-14(16)5-4-8-27-23/h4-5,8-11,17,19-21,26H,6-7,12-13H2,1-3H3,(H,30,33)/t17-,19-,20-,21-/m1/s1. The van der Waals surface area contributed by atoms with Crippen LogP contribution in [0.3, 0.4) is 0 Å². The average molecular weight is 492 g/mol. The van der Waals surface area contributed by atoms with Crippen LogP contribution in [0.4, 0.5) is 5.82 Å². The van der Waals surface area contributed by atoms with Gasteiger partial charge in [0.15, 0.2) is 5.65 Å². The summed E-state index contributed by atoms with van der Waals surface area (Å²) in [6.07, 6.45) is 7.21. The van der Waals surface area contributed by atoms with Gasteiger partial charge in [-0.25, -0.2) is 9.97 Å². The van der Waals surface area contributed by atoms with Crippen LogP contribution in [0.5, 0.6) is 0 Å². The Morgan fingerprint density at radius 3 is 2.78 bits per heavy atom. The fraction of sp³-hybridized carbons (Fsp3) is 0.440. The molecule has 5 heterocycles. The third-order valence-corrected chi connectivity index (χ3v) is 7.33. The van der Waals surface area contributed by atoms with Crippen molar-refractivity contribution >= 4 is 28.4 Å². The molecular weight excluding hydrogens is 462 g/mol. The van der Waals surface area contributed by atoms with Crippen LogP contribution in [0.15, 0.2) is 36.8 Å². The predicted molar refractivity (Wildman–Crippen MR) is 133 cm³/mol. The van der Waals surface area contributed by atoms with Crippen molar-refractivity contribution in [3.8, 4) is 11.3 Å². The highest BCUT2D eigenvalue weighted by Gasteiger charge is 2.34. The maximum atomic E-state index is 13.2. The summed E-state index contributed by atoms with van der Waals surface area (Å²) in [5.74, 6) is 0.509. The number of rotatable bonds is 7. The van der Waals surface area contributed by atoms with E-state index in [-0.39, 0.29) is 30.2 Å². The molecule has 2 fully saturated rings. The van der Waals surface area contributed by atoms with E-state index in [9.17, 15) is 4.79 Å². The average Bonchev–Trinajstić information content (AvgIpc) is 3.62. The molecule has 0 bridgehead atoms. The SMILES string of the molecule is CNc1cc(-c2cn([C@@H]3COC[C@H]3OC)c3ncccc23)nc2c(C(=O)N[C@@H]3CC[C@H]3OC)cnn12. The van der Waals surface area contributed by atoms with Gasteiger partial charge in [0.25, 0.3) is 5.91 Å². The van der Waals surface area contributed by atoms with Gasteiger partial charge in [-0.15, -0.1) is 0 Å². The first-order valence-electron chi connectivity index (χ1n) is 12.1. The number of anilines is 1. The van der Waals surface area contributed by atoms with E-state index in [4.69, 9.17) is 19.2 Å². The maximum Gasteiger partial charge on any atom is 0.257 e. The van der Waals surface area contributed by atoms with Crippen LogP contribution in [-0.4, -0.2) is 82.8 Å². The molecule has 11 nitrogen and oxygen atoms in total. The highest BCUT2D eigenvalue weighted by molar-refractivity contribution is 6.01. The molecule has 0 unspecified atom stereocenters. The molecule has 36 heavy (non-hydrogen) atoms. The number of pyridine rings is 1. The minimum atomic E-state index is -0.210. The molecule has 1 saturated carbocycles. The van der Waals surface area contributed by atoms with Crippen molar-refractivity contribution in [1.29, 1.82) is 0 Å². The zero-order valence-corrected chi connectivity index (χ0v) is 20.5. The van der Waals surface area contributed by atoms with Crippen molar-refractivity contribution in [2.75, 3.05) is 39.8 Å². The number of nitrogens with one attached hydrogen (secondary N) is 2. The van der Waals surface area contributed by atoms with Crippen LogP contribution in [0, 0.1) is 0 Å². The zero-order valence-electron chi connectivity index (χ0n) is 20.5. The third-order valence-electron chi connectivity index (χ3n) is 7.33. The number of carbonyl (C=O) groups is 1. The van der Waals surface area contributed by atoms with Crippen molar-refractivity contribution in [3.63, 3.8) is 0 Å². The van der Waals surface area contributed by atoms with Gasteiger partial charge >= 0.3 is 0 Å². The number of carbonyl (C=O) groups excluding carboxylic acids is 1. The van der Waals surface area contributed by atoms with Crippen LogP contribution in [0.2, 0.25) is 0 Å². The van der Waals surface area contributed by atoms with E-state index in [1.807, 2.05) is 25.2 Å². The number of fused-ring (bicyclic) bond motifs is 2. The van der Waals surface area contributed by atoms with Gasteiger partial charge in [0, 0.05) is 50.7 Å².